The van der Waals surface area contributed by atoms with Crippen LogP contribution >= 0.6 is 0 Å². The molecule has 0 aliphatic carbocycles. The molecule has 110 valence electrons. The third kappa shape index (κ3) is 2.45. The molecule has 0 aromatic heterocycles. The Morgan fingerprint density at radius 1 is 1.00 bits per heavy atom. The average Bonchev–Trinajstić information content (AvgIpc) is 2.54. The fourth-order valence-corrected chi connectivity index (χ4v) is 1.96. The first-order valence-electron chi connectivity index (χ1n) is 6.31. The molecule has 3 nitrogen and oxygen atoms in total. The number of nitrogens with two attached hydrogens (primary N) is 1. The molecule has 0 bridgehead atoms. The van der Waals surface area contributed by atoms with E-state index in [2.05, 4.69) is 0 Å². The molecule has 0 saturated carbocycles. The minimum Gasteiger partial charge on any atom is -0.402 e. The van der Waals surface area contributed by atoms with Gasteiger partial charge in [0.25, 0.3) is 0 Å². The minimum absolute atomic E-state index is 0.0832. The van der Waals surface area contributed by atoms with Gasteiger partial charge >= 0.3 is 7.12 Å². The molecule has 0 spiro atoms. The summed E-state index contributed by atoms with van der Waals surface area (Å²) in [6.07, 6.45) is 0. The first-order chi connectivity index (χ1) is 9.05. The van der Waals surface area contributed by atoms with Crippen molar-refractivity contribution >= 4 is 7.12 Å². The Labute approximate surface area is 116 Å². The fraction of sp³-hybridized carbons (Fsp3) is 0.538. The molecule has 2 N–H and O–H groups in total. The number of benzene rings is 1. The SMILES string of the molecule is CC1(C)OB([C@@H](N)c2cc(F)c(F)c(F)c2)OC1(C)C. The number of rotatable bonds is 2. The van der Waals surface area contributed by atoms with E-state index in [4.69, 9.17) is 15.0 Å². The quantitative estimate of drug-likeness (QED) is 0.672. The van der Waals surface area contributed by atoms with Gasteiger partial charge in [-0.2, -0.15) is 0 Å². The fourth-order valence-electron chi connectivity index (χ4n) is 1.96. The zero-order valence-corrected chi connectivity index (χ0v) is 11.8. The van der Waals surface area contributed by atoms with Gasteiger partial charge in [-0.05, 0) is 45.4 Å². The van der Waals surface area contributed by atoms with Gasteiger partial charge in [-0.1, -0.05) is 0 Å². The van der Waals surface area contributed by atoms with E-state index < -0.39 is 41.7 Å². The number of hydrogen-bond acceptors (Lipinski definition) is 3. The highest BCUT2D eigenvalue weighted by molar-refractivity contribution is 6.47. The molecular formula is C13H17BF3NO2. The summed E-state index contributed by atoms with van der Waals surface area (Å²) >= 11 is 0. The van der Waals surface area contributed by atoms with E-state index in [1.54, 1.807) is 0 Å². The van der Waals surface area contributed by atoms with Crippen molar-refractivity contribution in [1.82, 2.24) is 0 Å². The topological polar surface area (TPSA) is 44.5 Å². The highest BCUT2D eigenvalue weighted by Crippen LogP contribution is 2.39. The van der Waals surface area contributed by atoms with Crippen molar-refractivity contribution in [2.45, 2.75) is 44.8 Å². The highest BCUT2D eigenvalue weighted by Gasteiger charge is 2.53. The van der Waals surface area contributed by atoms with Crippen molar-refractivity contribution in [2.24, 2.45) is 5.73 Å². The molecule has 1 atom stereocenters. The van der Waals surface area contributed by atoms with Crippen LogP contribution in [-0.2, 0) is 9.31 Å². The molecule has 0 unspecified atom stereocenters. The van der Waals surface area contributed by atoms with Gasteiger partial charge in [-0.25, -0.2) is 13.2 Å². The molecule has 0 radical (unpaired) electrons. The lowest BCUT2D eigenvalue weighted by Crippen LogP contribution is -2.41. The Morgan fingerprint density at radius 2 is 1.40 bits per heavy atom. The third-order valence-corrected chi connectivity index (χ3v) is 3.96. The van der Waals surface area contributed by atoms with Gasteiger partial charge < -0.3 is 15.0 Å². The van der Waals surface area contributed by atoms with Crippen LogP contribution in [0.25, 0.3) is 0 Å². The van der Waals surface area contributed by atoms with Crippen LogP contribution in [0.15, 0.2) is 12.1 Å². The molecular weight excluding hydrogens is 270 g/mol. The van der Waals surface area contributed by atoms with E-state index in [0.29, 0.717) is 0 Å². The largest absolute Gasteiger partial charge is 0.480 e. The maximum absolute atomic E-state index is 13.2. The van der Waals surface area contributed by atoms with Gasteiger partial charge in [-0.15, -0.1) is 0 Å². The molecule has 0 amide bonds. The number of hydrogen-bond donors (Lipinski definition) is 1. The smallest absolute Gasteiger partial charge is 0.402 e. The predicted octanol–water partition coefficient (Wildman–Crippen LogP) is 2.74. The predicted molar refractivity (Wildman–Crippen MR) is 69.3 cm³/mol. The van der Waals surface area contributed by atoms with Crippen LogP contribution < -0.4 is 5.73 Å². The van der Waals surface area contributed by atoms with Crippen LogP contribution in [0.2, 0.25) is 0 Å². The van der Waals surface area contributed by atoms with Crippen molar-refractivity contribution in [3.8, 4) is 0 Å². The Balaban J connectivity index is 2.28. The maximum Gasteiger partial charge on any atom is 0.480 e. The van der Waals surface area contributed by atoms with Crippen LogP contribution in [0.3, 0.4) is 0 Å². The molecule has 1 aromatic carbocycles. The molecule has 1 saturated heterocycles. The lowest BCUT2D eigenvalue weighted by atomic mass is 9.75. The Bertz CT molecular complexity index is 497. The minimum atomic E-state index is -1.52. The lowest BCUT2D eigenvalue weighted by molar-refractivity contribution is 0.00578. The summed E-state index contributed by atoms with van der Waals surface area (Å²) < 4.78 is 50.8. The first kappa shape index (κ1) is 15.3. The summed E-state index contributed by atoms with van der Waals surface area (Å²) in [4.78, 5) is 0. The molecule has 1 aliphatic rings. The van der Waals surface area contributed by atoms with Gasteiger partial charge in [0.2, 0.25) is 0 Å². The van der Waals surface area contributed by atoms with E-state index in [0.717, 1.165) is 12.1 Å². The molecule has 1 heterocycles. The van der Waals surface area contributed by atoms with Crippen LogP contribution in [0.4, 0.5) is 13.2 Å². The van der Waals surface area contributed by atoms with E-state index in [1.165, 1.54) is 0 Å². The van der Waals surface area contributed by atoms with E-state index in [9.17, 15) is 13.2 Å². The average molecular weight is 287 g/mol. The van der Waals surface area contributed by atoms with Crippen LogP contribution in [-0.4, -0.2) is 18.3 Å². The van der Waals surface area contributed by atoms with Crippen LogP contribution in [0, 0.1) is 17.5 Å². The van der Waals surface area contributed by atoms with E-state index in [1.807, 2.05) is 27.7 Å². The van der Waals surface area contributed by atoms with Crippen molar-refractivity contribution in [2.75, 3.05) is 0 Å². The lowest BCUT2D eigenvalue weighted by Gasteiger charge is -2.32. The van der Waals surface area contributed by atoms with Crippen molar-refractivity contribution in [3.63, 3.8) is 0 Å². The van der Waals surface area contributed by atoms with Crippen molar-refractivity contribution in [3.05, 3.63) is 35.1 Å². The third-order valence-electron chi connectivity index (χ3n) is 3.96. The summed E-state index contributed by atoms with van der Waals surface area (Å²) in [5.41, 5.74) is 4.80. The summed E-state index contributed by atoms with van der Waals surface area (Å²) in [7, 11) is -0.857. The number of halogens is 3. The summed E-state index contributed by atoms with van der Waals surface area (Å²) in [5.74, 6) is -5.01. The van der Waals surface area contributed by atoms with Gasteiger partial charge in [-0.3, -0.25) is 0 Å². The van der Waals surface area contributed by atoms with Crippen molar-refractivity contribution < 1.29 is 22.5 Å². The second-order valence-electron chi connectivity index (χ2n) is 5.95. The second kappa shape index (κ2) is 4.75. The summed E-state index contributed by atoms with van der Waals surface area (Å²) in [6.45, 7) is 7.36. The second-order valence-corrected chi connectivity index (χ2v) is 5.95. The van der Waals surface area contributed by atoms with Crippen molar-refractivity contribution in [1.29, 1.82) is 0 Å². The molecule has 1 aliphatic heterocycles. The highest BCUT2D eigenvalue weighted by atomic mass is 19.2. The van der Waals surface area contributed by atoms with E-state index in [-0.39, 0.29) is 5.56 Å². The Hall–Kier alpha value is -1.05. The van der Waals surface area contributed by atoms with Gasteiger partial charge in [0, 0.05) is 0 Å². The molecule has 1 fully saturated rings. The van der Waals surface area contributed by atoms with Gasteiger partial charge in [0.05, 0.1) is 17.1 Å². The Kier molecular flexibility index (Phi) is 3.65. The van der Waals surface area contributed by atoms with Crippen LogP contribution in [0.5, 0.6) is 0 Å². The van der Waals surface area contributed by atoms with Crippen LogP contribution in [0.1, 0.15) is 39.2 Å². The zero-order valence-electron chi connectivity index (χ0n) is 11.8. The monoisotopic (exact) mass is 287 g/mol. The standard InChI is InChI=1S/C13H17BF3NO2/c1-12(2)13(3,4)20-14(19-12)11(18)7-5-8(15)10(17)9(16)6-7/h5-6,11H,18H2,1-4H3/t11-/m0/s1. The summed E-state index contributed by atoms with van der Waals surface area (Å²) in [6, 6.07) is 1.71. The molecule has 2 rings (SSSR count). The molecule has 20 heavy (non-hydrogen) atoms. The van der Waals surface area contributed by atoms with E-state index >= 15 is 0 Å². The van der Waals surface area contributed by atoms with Gasteiger partial charge in [0.1, 0.15) is 0 Å². The molecule has 1 aromatic rings. The zero-order chi connectivity index (χ0) is 15.3. The normalized spacial score (nSPS) is 22.1. The Morgan fingerprint density at radius 3 is 1.80 bits per heavy atom. The van der Waals surface area contributed by atoms with Gasteiger partial charge in [0.15, 0.2) is 17.5 Å². The maximum atomic E-state index is 13.2. The molecule has 7 heteroatoms. The first-order valence-corrected chi connectivity index (χ1v) is 6.31. The summed E-state index contributed by atoms with van der Waals surface area (Å²) in [5, 5.41) is 0.